The fraction of sp³-hybridized carbons (Fsp3) is 0.800. The van der Waals surface area contributed by atoms with Gasteiger partial charge in [0, 0.05) is 19.1 Å². The van der Waals surface area contributed by atoms with Crippen molar-refractivity contribution >= 4 is 11.5 Å². The average Bonchev–Trinajstić information content (AvgIpc) is 2.56. The largest absolute Gasteiger partial charge is 0.394 e. The molecule has 116 valence electrons. The van der Waals surface area contributed by atoms with Crippen LogP contribution >= 0.6 is 0 Å². The summed E-state index contributed by atoms with van der Waals surface area (Å²) in [5.74, 6) is 1.63. The zero-order valence-corrected chi connectivity index (χ0v) is 13.9. The number of hydrogen-bond acceptors (Lipinski definition) is 4. The zero-order valence-electron chi connectivity index (χ0n) is 13.9. The van der Waals surface area contributed by atoms with Crippen molar-refractivity contribution in [3.05, 3.63) is 5.69 Å². The minimum atomic E-state index is 0.388. The normalized spacial score (nSPS) is 13.2. The maximum absolute atomic E-state index is 6.18. The molecule has 3 N–H and O–H groups in total. The summed E-state index contributed by atoms with van der Waals surface area (Å²) in [6.45, 7) is 10.5. The fourth-order valence-electron chi connectivity index (χ4n) is 2.50. The van der Waals surface area contributed by atoms with Gasteiger partial charge in [-0.2, -0.15) is 5.10 Å². The summed E-state index contributed by atoms with van der Waals surface area (Å²) in [6.07, 6.45) is 2.17. The number of anilines is 2. The topological polar surface area (TPSA) is 59.1 Å². The van der Waals surface area contributed by atoms with Gasteiger partial charge in [-0.3, -0.25) is 0 Å². The molecule has 5 nitrogen and oxygen atoms in total. The van der Waals surface area contributed by atoms with Crippen LogP contribution < -0.4 is 11.1 Å². The predicted octanol–water partition coefficient (Wildman–Crippen LogP) is 2.57. The van der Waals surface area contributed by atoms with Crippen molar-refractivity contribution < 1.29 is 0 Å². The van der Waals surface area contributed by atoms with E-state index >= 15 is 0 Å². The van der Waals surface area contributed by atoms with Crippen molar-refractivity contribution in [1.82, 2.24) is 14.7 Å². The molecule has 0 aliphatic carbocycles. The lowest BCUT2D eigenvalue weighted by Crippen LogP contribution is -2.34. The first kappa shape index (κ1) is 16.8. The van der Waals surface area contributed by atoms with Gasteiger partial charge < -0.3 is 16.0 Å². The van der Waals surface area contributed by atoms with Gasteiger partial charge in [-0.05, 0) is 39.8 Å². The van der Waals surface area contributed by atoms with Crippen LogP contribution in [-0.2, 0) is 6.54 Å². The van der Waals surface area contributed by atoms with Gasteiger partial charge in [0.1, 0.15) is 5.82 Å². The van der Waals surface area contributed by atoms with Crippen LogP contribution in [0.2, 0.25) is 0 Å². The molecule has 0 amide bonds. The monoisotopic (exact) mass is 281 g/mol. The second-order valence-electron chi connectivity index (χ2n) is 6.30. The molecule has 0 bridgehead atoms. The number of nitrogens with one attached hydrogen (secondary N) is 1. The Balaban J connectivity index is 2.91. The van der Waals surface area contributed by atoms with Crippen LogP contribution in [0.4, 0.5) is 11.5 Å². The summed E-state index contributed by atoms with van der Waals surface area (Å²) in [7, 11) is 4.21. The Morgan fingerprint density at radius 2 is 2.00 bits per heavy atom. The molecule has 5 heteroatoms. The summed E-state index contributed by atoms with van der Waals surface area (Å²) >= 11 is 0. The summed E-state index contributed by atoms with van der Waals surface area (Å²) in [5, 5.41) is 8.14. The van der Waals surface area contributed by atoms with Crippen LogP contribution in [0.5, 0.6) is 0 Å². The van der Waals surface area contributed by atoms with E-state index in [2.05, 4.69) is 50.2 Å². The van der Waals surface area contributed by atoms with E-state index in [4.69, 9.17) is 5.73 Å². The van der Waals surface area contributed by atoms with Crippen LogP contribution in [0.25, 0.3) is 0 Å². The lowest BCUT2D eigenvalue weighted by Gasteiger charge is -2.25. The predicted molar refractivity (Wildman–Crippen MR) is 87.1 cm³/mol. The first-order valence-corrected chi connectivity index (χ1v) is 7.59. The number of nitrogen functional groups attached to an aromatic ring is 1. The van der Waals surface area contributed by atoms with Crippen LogP contribution in [0, 0.1) is 12.8 Å². The van der Waals surface area contributed by atoms with Crippen molar-refractivity contribution in [1.29, 1.82) is 0 Å². The van der Waals surface area contributed by atoms with Crippen molar-refractivity contribution in [2.24, 2.45) is 5.92 Å². The molecule has 0 aliphatic rings. The number of aromatic nitrogens is 2. The van der Waals surface area contributed by atoms with E-state index < -0.39 is 0 Å². The molecule has 0 aromatic carbocycles. The van der Waals surface area contributed by atoms with Gasteiger partial charge in [-0.25, -0.2) is 4.68 Å². The SMILES string of the molecule is CCCn1nc(C)c(N)c1NC(CC(C)C)CN(C)C. The van der Waals surface area contributed by atoms with Crippen molar-refractivity contribution in [2.75, 3.05) is 31.7 Å². The Morgan fingerprint density at radius 3 is 2.50 bits per heavy atom. The minimum absolute atomic E-state index is 0.388. The Labute approximate surface area is 123 Å². The van der Waals surface area contributed by atoms with Gasteiger partial charge in [0.25, 0.3) is 0 Å². The summed E-state index contributed by atoms with van der Waals surface area (Å²) in [5.41, 5.74) is 7.88. The third kappa shape index (κ3) is 4.71. The first-order chi connectivity index (χ1) is 9.35. The Hall–Kier alpha value is -1.23. The highest BCUT2D eigenvalue weighted by Gasteiger charge is 2.18. The minimum Gasteiger partial charge on any atom is -0.394 e. The molecule has 0 spiro atoms. The van der Waals surface area contributed by atoms with Crippen molar-refractivity contribution in [2.45, 2.75) is 53.1 Å². The lowest BCUT2D eigenvalue weighted by atomic mass is 10.0. The molecule has 20 heavy (non-hydrogen) atoms. The van der Waals surface area contributed by atoms with E-state index in [9.17, 15) is 0 Å². The second kappa shape index (κ2) is 7.53. The Morgan fingerprint density at radius 1 is 1.35 bits per heavy atom. The summed E-state index contributed by atoms with van der Waals surface area (Å²) in [4.78, 5) is 2.21. The molecule has 1 aromatic rings. The van der Waals surface area contributed by atoms with Crippen LogP contribution in [0.1, 0.15) is 39.3 Å². The van der Waals surface area contributed by atoms with E-state index in [1.54, 1.807) is 0 Å². The number of hydrogen-bond donors (Lipinski definition) is 2. The van der Waals surface area contributed by atoms with Gasteiger partial charge in [0.2, 0.25) is 0 Å². The highest BCUT2D eigenvalue weighted by molar-refractivity contribution is 5.65. The molecule has 0 aliphatic heterocycles. The number of likely N-dealkylation sites (N-methyl/N-ethyl adjacent to an activating group) is 1. The van der Waals surface area contributed by atoms with Crippen molar-refractivity contribution in [3.63, 3.8) is 0 Å². The third-order valence-electron chi connectivity index (χ3n) is 3.29. The number of nitrogens with two attached hydrogens (primary N) is 1. The van der Waals surface area contributed by atoms with E-state index in [0.29, 0.717) is 12.0 Å². The van der Waals surface area contributed by atoms with Gasteiger partial charge in [-0.15, -0.1) is 0 Å². The van der Waals surface area contributed by atoms with E-state index in [0.717, 1.165) is 43.1 Å². The van der Waals surface area contributed by atoms with Crippen molar-refractivity contribution in [3.8, 4) is 0 Å². The molecule has 1 unspecified atom stereocenters. The van der Waals surface area contributed by atoms with Gasteiger partial charge in [-0.1, -0.05) is 20.8 Å². The quantitative estimate of drug-likeness (QED) is 0.769. The number of rotatable bonds is 8. The molecule has 0 radical (unpaired) electrons. The molecule has 0 saturated carbocycles. The average molecular weight is 281 g/mol. The Kier molecular flexibility index (Phi) is 6.33. The Bertz CT molecular complexity index is 399. The van der Waals surface area contributed by atoms with Gasteiger partial charge in [0.15, 0.2) is 0 Å². The second-order valence-corrected chi connectivity index (χ2v) is 6.30. The summed E-state index contributed by atoms with van der Waals surface area (Å²) in [6, 6.07) is 0.388. The number of aryl methyl sites for hydroxylation is 2. The standard InChI is InChI=1S/C15H31N5/c1-7-8-20-15(14(16)12(4)18-20)17-13(9-11(2)3)10-19(5)6/h11,13,17H,7-10,16H2,1-6H3. The number of nitrogens with zero attached hydrogens (tertiary/aromatic N) is 3. The highest BCUT2D eigenvalue weighted by atomic mass is 15.3. The van der Waals surface area contributed by atoms with Gasteiger partial charge >= 0.3 is 0 Å². The highest BCUT2D eigenvalue weighted by Crippen LogP contribution is 2.24. The lowest BCUT2D eigenvalue weighted by molar-refractivity contribution is 0.355. The van der Waals surface area contributed by atoms with E-state index in [-0.39, 0.29) is 0 Å². The molecule has 0 fully saturated rings. The van der Waals surface area contributed by atoms with E-state index in [1.807, 2.05) is 11.6 Å². The molecule has 1 atom stereocenters. The zero-order chi connectivity index (χ0) is 15.3. The van der Waals surface area contributed by atoms with Gasteiger partial charge in [0.05, 0.1) is 11.4 Å². The molecule has 0 saturated heterocycles. The molecular formula is C15H31N5. The molecular weight excluding hydrogens is 250 g/mol. The molecule has 1 aromatic heterocycles. The smallest absolute Gasteiger partial charge is 0.148 e. The van der Waals surface area contributed by atoms with Crippen LogP contribution in [0.3, 0.4) is 0 Å². The van der Waals surface area contributed by atoms with E-state index in [1.165, 1.54) is 0 Å². The molecule has 1 rings (SSSR count). The maximum Gasteiger partial charge on any atom is 0.148 e. The summed E-state index contributed by atoms with van der Waals surface area (Å²) < 4.78 is 2.01. The maximum atomic E-state index is 6.18. The van der Waals surface area contributed by atoms with Crippen LogP contribution in [-0.4, -0.2) is 41.4 Å². The first-order valence-electron chi connectivity index (χ1n) is 7.59. The fourth-order valence-corrected chi connectivity index (χ4v) is 2.50. The molecule has 1 heterocycles. The van der Waals surface area contributed by atoms with Crippen LogP contribution in [0.15, 0.2) is 0 Å². The third-order valence-corrected chi connectivity index (χ3v) is 3.29.